The van der Waals surface area contributed by atoms with Crippen LogP contribution in [0.1, 0.15) is 60.1 Å². The Hall–Kier alpha value is -2.48. The van der Waals surface area contributed by atoms with Gasteiger partial charge in [-0.3, -0.25) is 4.57 Å². The van der Waals surface area contributed by atoms with Crippen molar-refractivity contribution in [2.75, 3.05) is 19.6 Å². The third-order valence-electron chi connectivity index (χ3n) is 9.33. The van der Waals surface area contributed by atoms with Crippen LogP contribution in [0.15, 0.2) is 30.5 Å². The van der Waals surface area contributed by atoms with E-state index in [1.807, 2.05) is 0 Å². The van der Waals surface area contributed by atoms with E-state index in [0.29, 0.717) is 41.8 Å². The van der Waals surface area contributed by atoms with Crippen molar-refractivity contribution in [3.63, 3.8) is 0 Å². The van der Waals surface area contributed by atoms with Gasteiger partial charge in [0, 0.05) is 53.2 Å². The summed E-state index contributed by atoms with van der Waals surface area (Å²) < 4.78 is 1.63. The second kappa shape index (κ2) is 7.51. The Bertz CT molecular complexity index is 1200. The van der Waals surface area contributed by atoms with Crippen LogP contribution in [0.3, 0.4) is 0 Å². The number of H-pyrrole nitrogens is 1. The van der Waals surface area contributed by atoms with E-state index in [1.54, 1.807) is 4.57 Å². The van der Waals surface area contributed by atoms with Crippen molar-refractivity contribution in [1.29, 1.82) is 0 Å². The number of nitrogens with zero attached hydrogens (tertiary/aromatic N) is 2. The van der Waals surface area contributed by atoms with Crippen LogP contribution in [0.5, 0.6) is 11.8 Å². The minimum atomic E-state index is -0.848. The van der Waals surface area contributed by atoms with Gasteiger partial charge in [0.15, 0.2) is 11.8 Å². The molecule has 0 amide bonds. The van der Waals surface area contributed by atoms with Gasteiger partial charge in [0.05, 0.1) is 12.2 Å². The van der Waals surface area contributed by atoms with Gasteiger partial charge in [0.2, 0.25) is 0 Å². The zero-order valence-corrected chi connectivity index (χ0v) is 19.3. The van der Waals surface area contributed by atoms with E-state index in [2.05, 4.69) is 40.3 Å². The van der Waals surface area contributed by atoms with Gasteiger partial charge in [-0.05, 0) is 68.2 Å². The number of nitrogens with one attached hydrogen (secondary N) is 1. The summed E-state index contributed by atoms with van der Waals surface area (Å²) in [7, 11) is 0. The zero-order chi connectivity index (χ0) is 23.1. The van der Waals surface area contributed by atoms with E-state index >= 15 is 0 Å². The number of hydrogen-bond donors (Lipinski definition) is 5. The molecule has 1 aromatic carbocycles. The second-order valence-electron chi connectivity index (χ2n) is 11.1. The average Bonchev–Trinajstić information content (AvgIpc) is 3.14. The minimum absolute atomic E-state index is 0.0937. The van der Waals surface area contributed by atoms with Gasteiger partial charge < -0.3 is 30.3 Å². The number of likely N-dealkylation sites (tertiary alicyclic amines) is 1. The third-order valence-corrected chi connectivity index (χ3v) is 9.33. The molecule has 4 aliphatic rings. The number of piperidine rings is 1. The number of aromatic hydroxyl groups is 2. The quantitative estimate of drug-likeness (QED) is 0.400. The molecule has 7 rings (SSSR count). The number of fused-ring (bicyclic) bond motifs is 6. The number of para-hydroxylation sites is 1. The first-order chi connectivity index (χ1) is 16.5. The molecule has 3 heterocycles. The van der Waals surface area contributed by atoms with Crippen LogP contribution < -0.4 is 0 Å². The molecule has 2 bridgehead atoms. The number of aliphatic hydroxyl groups excluding tert-OH is 2. The Labute approximate surface area is 198 Å². The molecule has 5 N–H and O–H groups in total. The van der Waals surface area contributed by atoms with Crippen LogP contribution in [0.2, 0.25) is 0 Å². The average molecular weight is 464 g/mol. The molecule has 0 radical (unpaired) electrons. The molecule has 6 atom stereocenters. The predicted octanol–water partition coefficient (Wildman–Crippen LogP) is 3.20. The third kappa shape index (κ3) is 3.00. The van der Waals surface area contributed by atoms with Crippen molar-refractivity contribution in [2.45, 2.75) is 62.2 Å². The molecular formula is C27H33N3O4. The SMILES string of the molecule is Oc1c2c(c(O)n1C[C@H]1C[C@@H]1CN1CCC(c3c[nH]c4ccccc34)CC1)C1CC2C(O)C1O. The second-order valence-corrected chi connectivity index (χ2v) is 11.1. The molecule has 7 nitrogen and oxygen atoms in total. The molecule has 0 spiro atoms. The molecule has 3 fully saturated rings. The summed E-state index contributed by atoms with van der Waals surface area (Å²) in [6.45, 7) is 3.91. The summed E-state index contributed by atoms with van der Waals surface area (Å²) in [4.78, 5) is 6.00. The topological polar surface area (TPSA) is 105 Å². The standard InChI is InChI=1S/C27H33N3O4/c31-24-18-10-19(25(24)32)23-22(18)26(33)30(27(23)34)13-16-9-15(16)12-29-7-5-14(6-8-29)20-11-28-21-4-2-1-3-17(20)21/h1-4,11,14-16,18-19,24-25,28,31-34H,5-10,12-13H2/t15-,16-,18?,19?,24?,25?/m1/s1. The van der Waals surface area contributed by atoms with E-state index in [9.17, 15) is 20.4 Å². The van der Waals surface area contributed by atoms with Crippen LogP contribution in [-0.4, -0.2) is 66.7 Å². The van der Waals surface area contributed by atoms with Crippen molar-refractivity contribution in [1.82, 2.24) is 14.5 Å². The smallest absolute Gasteiger partial charge is 0.197 e. The van der Waals surface area contributed by atoms with Crippen molar-refractivity contribution in [3.8, 4) is 11.8 Å². The molecule has 3 aliphatic carbocycles. The first-order valence-corrected chi connectivity index (χ1v) is 12.8. The Kier molecular flexibility index (Phi) is 4.61. The highest BCUT2D eigenvalue weighted by molar-refractivity contribution is 5.83. The van der Waals surface area contributed by atoms with E-state index in [0.717, 1.165) is 26.1 Å². The van der Waals surface area contributed by atoms with Gasteiger partial charge in [-0.1, -0.05) is 18.2 Å². The van der Waals surface area contributed by atoms with Crippen LogP contribution in [0, 0.1) is 11.8 Å². The van der Waals surface area contributed by atoms with Gasteiger partial charge in [-0.2, -0.15) is 0 Å². The van der Waals surface area contributed by atoms with E-state index in [1.165, 1.54) is 29.3 Å². The summed E-state index contributed by atoms with van der Waals surface area (Å²) in [6.07, 6.45) is 4.58. The van der Waals surface area contributed by atoms with Crippen molar-refractivity contribution in [2.24, 2.45) is 11.8 Å². The maximum Gasteiger partial charge on any atom is 0.197 e. The molecule has 7 heteroatoms. The fraction of sp³-hybridized carbons (Fsp3) is 0.556. The number of aliphatic hydroxyl groups is 2. The monoisotopic (exact) mass is 463 g/mol. The number of rotatable bonds is 5. The summed E-state index contributed by atoms with van der Waals surface area (Å²) in [5, 5.41) is 43.5. The highest BCUT2D eigenvalue weighted by Crippen LogP contribution is 2.60. The van der Waals surface area contributed by atoms with Crippen molar-refractivity contribution >= 4 is 10.9 Å². The lowest BCUT2D eigenvalue weighted by Gasteiger charge is -2.32. The fourth-order valence-corrected chi connectivity index (χ4v) is 7.32. The minimum Gasteiger partial charge on any atom is -0.494 e. The predicted molar refractivity (Wildman–Crippen MR) is 128 cm³/mol. The summed E-state index contributed by atoms with van der Waals surface area (Å²) in [5.74, 6) is 1.30. The van der Waals surface area contributed by atoms with Crippen LogP contribution >= 0.6 is 0 Å². The first-order valence-electron chi connectivity index (χ1n) is 12.8. The molecule has 3 aromatic rings. The maximum atomic E-state index is 10.8. The highest BCUT2D eigenvalue weighted by Gasteiger charge is 2.54. The number of aromatic nitrogens is 2. The van der Waals surface area contributed by atoms with Gasteiger partial charge in [-0.25, -0.2) is 0 Å². The molecule has 4 unspecified atom stereocenters. The van der Waals surface area contributed by atoms with Gasteiger partial charge in [0.1, 0.15) is 0 Å². The molecule has 2 aromatic heterocycles. The molecule has 1 saturated heterocycles. The number of aromatic amines is 1. The number of benzene rings is 1. The van der Waals surface area contributed by atoms with Crippen molar-refractivity contribution in [3.05, 3.63) is 47.2 Å². The van der Waals surface area contributed by atoms with Gasteiger partial charge >= 0.3 is 0 Å². The molecule has 34 heavy (non-hydrogen) atoms. The Morgan fingerprint density at radius 1 is 0.853 bits per heavy atom. The lowest BCUT2D eigenvalue weighted by atomic mass is 9.89. The van der Waals surface area contributed by atoms with E-state index in [4.69, 9.17) is 0 Å². The normalized spacial score (nSPS) is 33.1. The Morgan fingerprint density at radius 3 is 2.21 bits per heavy atom. The van der Waals surface area contributed by atoms with Crippen LogP contribution in [-0.2, 0) is 6.54 Å². The number of hydrogen-bond acceptors (Lipinski definition) is 5. The Morgan fingerprint density at radius 2 is 1.50 bits per heavy atom. The largest absolute Gasteiger partial charge is 0.494 e. The lowest BCUT2D eigenvalue weighted by molar-refractivity contribution is 0.0211. The zero-order valence-electron chi connectivity index (χ0n) is 19.3. The van der Waals surface area contributed by atoms with Crippen LogP contribution in [0.4, 0.5) is 0 Å². The molecular weight excluding hydrogens is 430 g/mol. The van der Waals surface area contributed by atoms with Crippen molar-refractivity contribution < 1.29 is 20.4 Å². The summed E-state index contributed by atoms with van der Waals surface area (Å²) in [5.41, 5.74) is 4.00. The van der Waals surface area contributed by atoms with Crippen LogP contribution in [0.25, 0.3) is 10.9 Å². The van der Waals surface area contributed by atoms with E-state index in [-0.39, 0.29) is 23.6 Å². The maximum absolute atomic E-state index is 10.8. The highest BCUT2D eigenvalue weighted by atomic mass is 16.3. The summed E-state index contributed by atoms with van der Waals surface area (Å²) in [6, 6.07) is 8.56. The first kappa shape index (κ1) is 20.9. The summed E-state index contributed by atoms with van der Waals surface area (Å²) >= 11 is 0. The lowest BCUT2D eigenvalue weighted by Crippen LogP contribution is -2.34. The van der Waals surface area contributed by atoms with E-state index < -0.39 is 12.2 Å². The molecule has 1 aliphatic heterocycles. The fourth-order valence-electron chi connectivity index (χ4n) is 7.32. The molecule has 2 saturated carbocycles. The van der Waals surface area contributed by atoms with Gasteiger partial charge in [0.25, 0.3) is 0 Å². The van der Waals surface area contributed by atoms with Gasteiger partial charge in [-0.15, -0.1) is 0 Å². The Balaban J connectivity index is 0.972. The molecule has 180 valence electrons.